The Hall–Kier alpha value is -2.54. The SMILES string of the molecule is CN1CCN(Cc2cccc(-c3nc4ccc(C(=O)CO)cc4[nH]3)c2)CC1. The highest BCUT2D eigenvalue weighted by Gasteiger charge is 2.15. The number of aliphatic hydroxyl groups excluding tert-OH is 1. The summed E-state index contributed by atoms with van der Waals surface area (Å²) in [5.41, 5.74) is 4.41. The number of nitrogens with one attached hydrogen (secondary N) is 1. The van der Waals surface area contributed by atoms with Gasteiger partial charge >= 0.3 is 0 Å². The zero-order valence-corrected chi connectivity index (χ0v) is 15.5. The van der Waals surface area contributed by atoms with Crippen LogP contribution in [0.5, 0.6) is 0 Å². The second kappa shape index (κ2) is 7.60. The Balaban J connectivity index is 1.57. The summed E-state index contributed by atoms with van der Waals surface area (Å²) >= 11 is 0. The number of hydrogen-bond donors (Lipinski definition) is 2. The number of imidazole rings is 1. The van der Waals surface area contributed by atoms with Gasteiger partial charge in [-0.2, -0.15) is 0 Å². The van der Waals surface area contributed by atoms with Crippen LogP contribution >= 0.6 is 0 Å². The summed E-state index contributed by atoms with van der Waals surface area (Å²) in [6, 6.07) is 13.7. The smallest absolute Gasteiger partial charge is 0.188 e. The average Bonchev–Trinajstić information content (AvgIpc) is 3.13. The first-order valence-electron chi connectivity index (χ1n) is 9.26. The van der Waals surface area contributed by atoms with Gasteiger partial charge in [-0.3, -0.25) is 9.69 Å². The molecule has 1 aliphatic heterocycles. The number of aromatic nitrogens is 2. The van der Waals surface area contributed by atoms with Crippen molar-refractivity contribution < 1.29 is 9.90 Å². The normalized spacial score (nSPS) is 16.1. The van der Waals surface area contributed by atoms with Crippen LogP contribution in [0, 0.1) is 0 Å². The maximum Gasteiger partial charge on any atom is 0.188 e. The zero-order valence-electron chi connectivity index (χ0n) is 15.5. The number of benzene rings is 2. The molecule has 0 saturated carbocycles. The fourth-order valence-electron chi connectivity index (χ4n) is 3.49. The molecular weight excluding hydrogens is 340 g/mol. The molecule has 2 N–H and O–H groups in total. The maximum absolute atomic E-state index is 11.7. The van der Waals surface area contributed by atoms with Crippen molar-refractivity contribution in [2.24, 2.45) is 0 Å². The molecule has 2 heterocycles. The Labute approximate surface area is 158 Å². The minimum Gasteiger partial charge on any atom is -0.388 e. The number of carbonyl (C=O) groups excluding carboxylic acids is 1. The lowest BCUT2D eigenvalue weighted by molar-refractivity contribution is 0.0904. The van der Waals surface area contributed by atoms with Crippen LogP contribution in [0.15, 0.2) is 42.5 Å². The van der Waals surface area contributed by atoms with Crippen molar-refractivity contribution >= 4 is 16.8 Å². The molecule has 0 aliphatic carbocycles. The number of Topliss-reactive ketones (excluding diaryl/α,β-unsaturated/α-hetero) is 1. The second-order valence-electron chi connectivity index (χ2n) is 7.18. The molecule has 1 saturated heterocycles. The van der Waals surface area contributed by atoms with E-state index < -0.39 is 6.61 Å². The van der Waals surface area contributed by atoms with Crippen molar-refractivity contribution in [3.63, 3.8) is 0 Å². The molecule has 2 aromatic carbocycles. The van der Waals surface area contributed by atoms with Gasteiger partial charge in [0.15, 0.2) is 5.78 Å². The van der Waals surface area contributed by atoms with Crippen LogP contribution in [0.1, 0.15) is 15.9 Å². The van der Waals surface area contributed by atoms with E-state index in [4.69, 9.17) is 5.11 Å². The molecule has 6 heteroatoms. The number of aromatic amines is 1. The molecule has 0 unspecified atom stereocenters. The van der Waals surface area contributed by atoms with Crippen LogP contribution in [0.25, 0.3) is 22.4 Å². The summed E-state index contributed by atoms with van der Waals surface area (Å²) in [5.74, 6) is 0.501. The fourth-order valence-corrected chi connectivity index (χ4v) is 3.49. The van der Waals surface area contributed by atoms with Gasteiger partial charge in [0.1, 0.15) is 12.4 Å². The van der Waals surface area contributed by atoms with Gasteiger partial charge in [-0.15, -0.1) is 0 Å². The van der Waals surface area contributed by atoms with E-state index in [1.807, 2.05) is 12.1 Å². The predicted octanol–water partition coefficient (Wildman–Crippen LogP) is 2.15. The number of aliphatic hydroxyl groups is 1. The Morgan fingerprint density at radius 2 is 1.96 bits per heavy atom. The van der Waals surface area contributed by atoms with E-state index in [1.165, 1.54) is 5.56 Å². The van der Waals surface area contributed by atoms with Crippen molar-refractivity contribution in [3.8, 4) is 11.4 Å². The molecule has 0 spiro atoms. The van der Waals surface area contributed by atoms with Gasteiger partial charge < -0.3 is 15.0 Å². The van der Waals surface area contributed by atoms with E-state index in [9.17, 15) is 4.79 Å². The summed E-state index contributed by atoms with van der Waals surface area (Å²) in [4.78, 5) is 24.5. The van der Waals surface area contributed by atoms with E-state index in [1.54, 1.807) is 12.1 Å². The molecule has 4 rings (SSSR count). The number of fused-ring (bicyclic) bond motifs is 1. The number of rotatable bonds is 5. The van der Waals surface area contributed by atoms with Crippen LogP contribution in [0.3, 0.4) is 0 Å². The van der Waals surface area contributed by atoms with Crippen LogP contribution in [0.4, 0.5) is 0 Å². The lowest BCUT2D eigenvalue weighted by Crippen LogP contribution is -2.43. The standard InChI is InChI=1S/C21H24N4O2/c1-24-7-9-25(10-8-24)13-15-3-2-4-17(11-15)21-22-18-6-5-16(20(27)14-26)12-19(18)23-21/h2-6,11-12,26H,7-10,13-14H2,1H3,(H,22,23). The zero-order chi connectivity index (χ0) is 18.8. The highest BCUT2D eigenvalue weighted by molar-refractivity contribution is 5.99. The van der Waals surface area contributed by atoms with Crippen molar-refractivity contribution in [2.45, 2.75) is 6.54 Å². The highest BCUT2D eigenvalue weighted by Crippen LogP contribution is 2.23. The van der Waals surface area contributed by atoms with Crippen LogP contribution < -0.4 is 0 Å². The van der Waals surface area contributed by atoms with Crippen molar-refractivity contribution in [2.75, 3.05) is 39.8 Å². The molecule has 6 nitrogen and oxygen atoms in total. The summed E-state index contributed by atoms with van der Waals surface area (Å²) < 4.78 is 0. The van der Waals surface area contributed by atoms with Crippen molar-refractivity contribution in [1.29, 1.82) is 0 Å². The van der Waals surface area contributed by atoms with Crippen LogP contribution in [-0.4, -0.2) is 70.5 Å². The highest BCUT2D eigenvalue weighted by atomic mass is 16.3. The van der Waals surface area contributed by atoms with Gasteiger partial charge in [0, 0.05) is 43.9 Å². The summed E-state index contributed by atoms with van der Waals surface area (Å²) in [7, 11) is 2.17. The molecule has 27 heavy (non-hydrogen) atoms. The Morgan fingerprint density at radius 3 is 2.74 bits per heavy atom. The second-order valence-corrected chi connectivity index (χ2v) is 7.18. The molecule has 1 fully saturated rings. The lowest BCUT2D eigenvalue weighted by Gasteiger charge is -2.32. The Bertz CT molecular complexity index is 958. The average molecular weight is 364 g/mol. The summed E-state index contributed by atoms with van der Waals surface area (Å²) in [6.45, 7) is 4.86. The van der Waals surface area contributed by atoms with E-state index in [0.29, 0.717) is 5.56 Å². The number of piperazine rings is 1. The number of H-pyrrole nitrogens is 1. The van der Waals surface area contributed by atoms with E-state index in [-0.39, 0.29) is 5.78 Å². The minimum atomic E-state index is -0.485. The number of hydrogen-bond acceptors (Lipinski definition) is 5. The minimum absolute atomic E-state index is 0.290. The van der Waals surface area contributed by atoms with Gasteiger partial charge in [-0.25, -0.2) is 4.98 Å². The number of nitrogens with zero attached hydrogens (tertiary/aromatic N) is 3. The monoisotopic (exact) mass is 364 g/mol. The van der Waals surface area contributed by atoms with Gasteiger partial charge in [-0.1, -0.05) is 18.2 Å². The third kappa shape index (κ3) is 3.93. The van der Waals surface area contributed by atoms with Gasteiger partial charge in [0.2, 0.25) is 0 Å². The van der Waals surface area contributed by atoms with E-state index in [2.05, 4.69) is 45.0 Å². The first-order valence-corrected chi connectivity index (χ1v) is 9.26. The Morgan fingerprint density at radius 1 is 1.15 bits per heavy atom. The molecular formula is C21H24N4O2. The molecule has 140 valence electrons. The third-order valence-electron chi connectivity index (χ3n) is 5.15. The fraction of sp³-hybridized carbons (Fsp3) is 0.333. The number of ketones is 1. The molecule has 3 aromatic rings. The molecule has 1 aliphatic rings. The first-order chi connectivity index (χ1) is 13.1. The van der Waals surface area contributed by atoms with Crippen molar-refractivity contribution in [3.05, 3.63) is 53.6 Å². The quantitative estimate of drug-likeness (QED) is 0.679. The maximum atomic E-state index is 11.7. The van der Waals surface area contributed by atoms with E-state index in [0.717, 1.165) is 55.1 Å². The summed E-state index contributed by atoms with van der Waals surface area (Å²) in [5, 5.41) is 9.04. The van der Waals surface area contributed by atoms with Gasteiger partial charge in [0.25, 0.3) is 0 Å². The molecule has 1 aromatic heterocycles. The first kappa shape index (κ1) is 17.9. The Kier molecular flexibility index (Phi) is 5.03. The van der Waals surface area contributed by atoms with E-state index >= 15 is 0 Å². The molecule has 0 radical (unpaired) electrons. The number of likely N-dealkylation sites (N-methyl/N-ethyl adjacent to an activating group) is 1. The van der Waals surface area contributed by atoms with Crippen LogP contribution in [-0.2, 0) is 6.54 Å². The lowest BCUT2D eigenvalue weighted by atomic mass is 10.1. The largest absolute Gasteiger partial charge is 0.388 e. The number of carbonyl (C=O) groups is 1. The molecule has 0 bridgehead atoms. The molecule has 0 amide bonds. The van der Waals surface area contributed by atoms with Crippen molar-refractivity contribution in [1.82, 2.24) is 19.8 Å². The van der Waals surface area contributed by atoms with Gasteiger partial charge in [0.05, 0.1) is 11.0 Å². The van der Waals surface area contributed by atoms with Crippen LogP contribution in [0.2, 0.25) is 0 Å². The molecule has 0 atom stereocenters. The van der Waals surface area contributed by atoms with Gasteiger partial charge in [-0.05, 0) is 36.9 Å². The third-order valence-corrected chi connectivity index (χ3v) is 5.15. The predicted molar refractivity (Wildman–Crippen MR) is 106 cm³/mol. The summed E-state index contributed by atoms with van der Waals surface area (Å²) in [6.07, 6.45) is 0. The topological polar surface area (TPSA) is 72.5 Å².